The summed E-state index contributed by atoms with van der Waals surface area (Å²) in [7, 11) is 0. The van der Waals surface area contributed by atoms with E-state index in [2.05, 4.69) is 10.1 Å². The fraction of sp³-hybridized carbons (Fsp3) is 0.600. The van der Waals surface area contributed by atoms with Crippen LogP contribution in [0.2, 0.25) is 0 Å². The number of hydrogen-bond acceptors (Lipinski definition) is 5. The lowest BCUT2D eigenvalue weighted by atomic mass is 9.85. The quantitative estimate of drug-likeness (QED) is 0.742. The molecule has 1 fully saturated rings. The van der Waals surface area contributed by atoms with E-state index in [1.165, 1.54) is 6.07 Å². The summed E-state index contributed by atoms with van der Waals surface area (Å²) in [6.07, 6.45) is 1.28. The standard InChI is InChI=1S/C15H20F2N2O4S/c1-3-19(7-12(20)21)10-5-9(6-10)18-14(22)13-11(23-15(16)17)4-8(2)24-13/h4,9-10,15H,3,5-7H2,1-2H3,(H,18,22)(H,20,21). The number of carboxylic acids is 1. The molecule has 0 bridgehead atoms. The minimum atomic E-state index is -2.98. The third-order valence-corrected chi connectivity index (χ3v) is 4.98. The zero-order valence-corrected chi connectivity index (χ0v) is 14.2. The number of rotatable bonds is 8. The van der Waals surface area contributed by atoms with Crippen molar-refractivity contribution in [2.45, 2.75) is 45.4 Å². The monoisotopic (exact) mass is 362 g/mol. The van der Waals surface area contributed by atoms with Gasteiger partial charge in [-0.25, -0.2) is 0 Å². The predicted molar refractivity (Wildman–Crippen MR) is 84.8 cm³/mol. The average molecular weight is 362 g/mol. The molecule has 1 amide bonds. The highest BCUT2D eigenvalue weighted by Crippen LogP contribution is 2.31. The number of nitrogens with zero attached hydrogens (tertiary/aromatic N) is 1. The second-order valence-corrected chi connectivity index (χ2v) is 6.94. The molecule has 0 spiro atoms. The van der Waals surface area contributed by atoms with E-state index in [1.807, 2.05) is 11.8 Å². The van der Waals surface area contributed by atoms with Gasteiger partial charge in [-0.15, -0.1) is 11.3 Å². The number of nitrogens with one attached hydrogen (secondary N) is 1. The maximum atomic E-state index is 12.4. The van der Waals surface area contributed by atoms with Crippen LogP contribution < -0.4 is 10.1 Å². The highest BCUT2D eigenvalue weighted by molar-refractivity contribution is 7.14. The highest BCUT2D eigenvalue weighted by atomic mass is 32.1. The molecule has 1 aromatic heterocycles. The van der Waals surface area contributed by atoms with Crippen LogP contribution in [0.5, 0.6) is 5.75 Å². The lowest BCUT2D eigenvalue weighted by Crippen LogP contribution is -2.54. The first-order chi connectivity index (χ1) is 11.3. The molecule has 0 aromatic carbocycles. The lowest BCUT2D eigenvalue weighted by Gasteiger charge is -2.42. The zero-order chi connectivity index (χ0) is 17.9. The molecule has 9 heteroatoms. The SMILES string of the molecule is CCN(CC(=O)O)C1CC(NC(=O)c2sc(C)cc2OC(F)F)C1. The molecule has 2 rings (SSSR count). The Labute approximate surface area is 142 Å². The molecule has 0 aliphatic heterocycles. The Morgan fingerprint density at radius 1 is 1.50 bits per heavy atom. The van der Waals surface area contributed by atoms with E-state index in [1.54, 1.807) is 6.92 Å². The molecule has 1 aromatic rings. The third kappa shape index (κ3) is 4.64. The van der Waals surface area contributed by atoms with E-state index in [9.17, 15) is 18.4 Å². The van der Waals surface area contributed by atoms with Gasteiger partial charge in [0, 0.05) is 17.0 Å². The van der Waals surface area contributed by atoms with Gasteiger partial charge in [0.05, 0.1) is 6.54 Å². The first kappa shape index (κ1) is 18.6. The van der Waals surface area contributed by atoms with Crippen molar-refractivity contribution in [3.05, 3.63) is 15.8 Å². The van der Waals surface area contributed by atoms with Gasteiger partial charge < -0.3 is 15.2 Å². The summed E-state index contributed by atoms with van der Waals surface area (Å²) in [4.78, 5) is 25.7. The van der Waals surface area contributed by atoms with Crippen LogP contribution in [0.25, 0.3) is 0 Å². The molecule has 1 saturated carbocycles. The fourth-order valence-corrected chi connectivity index (χ4v) is 3.61. The molecule has 2 N–H and O–H groups in total. The van der Waals surface area contributed by atoms with Crippen LogP contribution in [0.15, 0.2) is 6.07 Å². The van der Waals surface area contributed by atoms with Crippen LogP contribution in [0.3, 0.4) is 0 Å². The van der Waals surface area contributed by atoms with Crippen molar-refractivity contribution in [2.24, 2.45) is 0 Å². The number of aryl methyl sites for hydroxylation is 1. The summed E-state index contributed by atoms with van der Waals surface area (Å²) in [6, 6.07) is 1.44. The van der Waals surface area contributed by atoms with Gasteiger partial charge in [0.25, 0.3) is 5.91 Å². The van der Waals surface area contributed by atoms with Gasteiger partial charge in [-0.1, -0.05) is 6.92 Å². The number of ether oxygens (including phenoxy) is 1. The topological polar surface area (TPSA) is 78.9 Å². The summed E-state index contributed by atoms with van der Waals surface area (Å²) < 4.78 is 29.2. The van der Waals surface area contributed by atoms with Crippen LogP contribution in [0.1, 0.15) is 34.3 Å². The van der Waals surface area contributed by atoms with E-state index >= 15 is 0 Å². The second-order valence-electron chi connectivity index (χ2n) is 5.68. The van der Waals surface area contributed by atoms with E-state index in [4.69, 9.17) is 5.11 Å². The van der Waals surface area contributed by atoms with E-state index in [-0.39, 0.29) is 29.3 Å². The van der Waals surface area contributed by atoms with Gasteiger partial charge in [-0.05, 0) is 32.4 Å². The lowest BCUT2D eigenvalue weighted by molar-refractivity contribution is -0.139. The van der Waals surface area contributed by atoms with Gasteiger partial charge in [-0.3, -0.25) is 14.5 Å². The van der Waals surface area contributed by atoms with E-state index < -0.39 is 18.5 Å². The molecule has 0 atom stereocenters. The number of carboxylic acid groups (broad SMARTS) is 1. The Kier molecular flexibility index (Phi) is 6.11. The molecule has 6 nitrogen and oxygen atoms in total. The summed E-state index contributed by atoms with van der Waals surface area (Å²) in [5.74, 6) is -1.43. The predicted octanol–water partition coefficient (Wildman–Crippen LogP) is 2.33. The molecule has 0 radical (unpaired) electrons. The Balaban J connectivity index is 1.90. The largest absolute Gasteiger partial charge is 0.480 e. The van der Waals surface area contributed by atoms with Crippen LogP contribution in [-0.4, -0.2) is 53.7 Å². The first-order valence-corrected chi connectivity index (χ1v) is 8.43. The van der Waals surface area contributed by atoms with Crippen LogP contribution in [0, 0.1) is 6.92 Å². The number of aliphatic carboxylic acids is 1. The number of alkyl halides is 2. The van der Waals surface area contributed by atoms with Gasteiger partial charge in [0.2, 0.25) is 0 Å². The van der Waals surface area contributed by atoms with Gasteiger partial charge in [0.1, 0.15) is 10.6 Å². The molecule has 134 valence electrons. The zero-order valence-electron chi connectivity index (χ0n) is 13.4. The van der Waals surface area contributed by atoms with Crippen LogP contribution >= 0.6 is 11.3 Å². The van der Waals surface area contributed by atoms with Gasteiger partial charge in [0.15, 0.2) is 0 Å². The van der Waals surface area contributed by atoms with Crippen molar-refractivity contribution < 1.29 is 28.2 Å². The number of carbonyl (C=O) groups is 2. The van der Waals surface area contributed by atoms with Crippen LogP contribution in [0.4, 0.5) is 8.78 Å². The third-order valence-electron chi connectivity index (χ3n) is 3.95. The minimum Gasteiger partial charge on any atom is -0.480 e. The van der Waals surface area contributed by atoms with Crippen molar-refractivity contribution in [1.29, 1.82) is 0 Å². The summed E-state index contributed by atoms with van der Waals surface area (Å²) in [5, 5.41) is 11.7. The average Bonchev–Trinajstić information content (AvgIpc) is 2.79. The van der Waals surface area contributed by atoms with Crippen molar-refractivity contribution in [3.8, 4) is 5.75 Å². The van der Waals surface area contributed by atoms with Crippen molar-refractivity contribution in [3.63, 3.8) is 0 Å². The summed E-state index contributed by atoms with van der Waals surface area (Å²) in [6.45, 7) is 1.21. The minimum absolute atomic E-state index is 0.0294. The molecule has 0 saturated heterocycles. The number of thiophene rings is 1. The molecule has 0 unspecified atom stereocenters. The Morgan fingerprint density at radius 3 is 2.71 bits per heavy atom. The number of amides is 1. The first-order valence-electron chi connectivity index (χ1n) is 7.62. The number of carbonyl (C=O) groups excluding carboxylic acids is 1. The Morgan fingerprint density at radius 2 is 2.17 bits per heavy atom. The summed E-state index contributed by atoms with van der Waals surface area (Å²) in [5.41, 5.74) is 0. The molecule has 24 heavy (non-hydrogen) atoms. The highest BCUT2D eigenvalue weighted by Gasteiger charge is 2.35. The molecule has 1 aliphatic rings. The second kappa shape index (κ2) is 7.89. The molecular weight excluding hydrogens is 342 g/mol. The number of halogens is 2. The summed E-state index contributed by atoms with van der Waals surface area (Å²) >= 11 is 1.10. The number of hydrogen-bond donors (Lipinski definition) is 2. The molecule has 1 aliphatic carbocycles. The van der Waals surface area contributed by atoms with Gasteiger partial charge >= 0.3 is 12.6 Å². The van der Waals surface area contributed by atoms with Crippen LogP contribution in [-0.2, 0) is 4.79 Å². The van der Waals surface area contributed by atoms with Crippen molar-refractivity contribution in [1.82, 2.24) is 10.2 Å². The maximum absolute atomic E-state index is 12.4. The Hall–Kier alpha value is -1.74. The van der Waals surface area contributed by atoms with Gasteiger partial charge in [-0.2, -0.15) is 8.78 Å². The van der Waals surface area contributed by atoms with E-state index in [0.717, 1.165) is 11.3 Å². The fourth-order valence-electron chi connectivity index (χ4n) is 2.76. The molecule has 1 heterocycles. The normalized spacial score (nSPS) is 20.1. The van der Waals surface area contributed by atoms with E-state index in [0.29, 0.717) is 24.3 Å². The number of likely N-dealkylation sites (N-methyl/N-ethyl adjacent to an activating group) is 1. The van der Waals surface area contributed by atoms with Crippen molar-refractivity contribution in [2.75, 3.05) is 13.1 Å². The smallest absolute Gasteiger partial charge is 0.387 e. The molecular formula is C15H20F2N2O4S. The Bertz CT molecular complexity index is 602. The van der Waals surface area contributed by atoms with Crippen molar-refractivity contribution >= 4 is 23.2 Å². The maximum Gasteiger partial charge on any atom is 0.387 e.